The highest BCUT2D eigenvalue weighted by atomic mass is 32.2. The topological polar surface area (TPSA) is 52.6 Å². The number of hydrogen-bond acceptors (Lipinski definition) is 4. The van der Waals surface area contributed by atoms with Crippen LogP contribution < -0.4 is 10.2 Å². The Morgan fingerprint density at radius 1 is 1.27 bits per heavy atom. The summed E-state index contributed by atoms with van der Waals surface area (Å²) in [6.45, 7) is 2.50. The molecule has 122 valence electrons. The number of benzene rings is 1. The van der Waals surface area contributed by atoms with Gasteiger partial charge >= 0.3 is 0 Å². The summed E-state index contributed by atoms with van der Waals surface area (Å²) in [5.41, 5.74) is 1.84. The Morgan fingerprint density at radius 3 is 2.59 bits per heavy atom. The fraction of sp³-hybridized carbons (Fsp3) is 0.588. The van der Waals surface area contributed by atoms with Crippen LogP contribution in [0.5, 0.6) is 0 Å². The van der Waals surface area contributed by atoms with Gasteiger partial charge in [0.1, 0.15) is 0 Å². The maximum Gasteiger partial charge on any atom is 0.251 e. The average Bonchev–Trinajstić information content (AvgIpc) is 2.55. The lowest BCUT2D eigenvalue weighted by Crippen LogP contribution is -2.35. The van der Waals surface area contributed by atoms with E-state index in [0.29, 0.717) is 5.56 Å². The number of aliphatic hydroxyl groups is 1. The standard InChI is InChI=1S/C17H26N2O2S/c1-22-13-3-2-10-18-17(21)14-4-6-15(7-5-14)19-11-8-16(20)9-12-19/h4-7,16,20H,2-3,8-13H2,1H3,(H,18,21). The van der Waals surface area contributed by atoms with E-state index in [9.17, 15) is 9.90 Å². The van der Waals surface area contributed by atoms with Gasteiger partial charge < -0.3 is 15.3 Å². The van der Waals surface area contributed by atoms with E-state index in [4.69, 9.17) is 0 Å². The van der Waals surface area contributed by atoms with Crippen LogP contribution in [0.1, 0.15) is 36.0 Å². The van der Waals surface area contributed by atoms with Crippen molar-refractivity contribution in [1.82, 2.24) is 5.32 Å². The number of unbranched alkanes of at least 4 members (excludes halogenated alkanes) is 1. The van der Waals surface area contributed by atoms with E-state index in [1.54, 1.807) is 0 Å². The second kappa shape index (κ2) is 9.06. The maximum absolute atomic E-state index is 12.0. The zero-order valence-electron chi connectivity index (χ0n) is 13.3. The molecule has 1 heterocycles. The lowest BCUT2D eigenvalue weighted by Gasteiger charge is -2.31. The number of amides is 1. The van der Waals surface area contributed by atoms with Crippen molar-refractivity contribution in [3.8, 4) is 0 Å². The van der Waals surface area contributed by atoms with E-state index in [-0.39, 0.29) is 12.0 Å². The van der Waals surface area contributed by atoms with Crippen molar-refractivity contribution in [1.29, 1.82) is 0 Å². The van der Waals surface area contributed by atoms with Crippen LogP contribution in [0, 0.1) is 0 Å². The van der Waals surface area contributed by atoms with Crippen LogP contribution in [0.4, 0.5) is 5.69 Å². The van der Waals surface area contributed by atoms with Gasteiger partial charge in [0.2, 0.25) is 0 Å². The number of thioether (sulfide) groups is 1. The van der Waals surface area contributed by atoms with Gasteiger partial charge in [0.15, 0.2) is 0 Å². The third kappa shape index (κ3) is 5.21. The Bertz CT molecular complexity index is 456. The molecule has 1 fully saturated rings. The van der Waals surface area contributed by atoms with Crippen molar-refractivity contribution in [2.75, 3.05) is 36.5 Å². The maximum atomic E-state index is 12.0. The van der Waals surface area contributed by atoms with Gasteiger partial charge in [-0.25, -0.2) is 0 Å². The normalized spacial score (nSPS) is 15.8. The fourth-order valence-corrected chi connectivity index (χ4v) is 3.12. The predicted molar refractivity (Wildman–Crippen MR) is 93.8 cm³/mol. The van der Waals surface area contributed by atoms with Gasteiger partial charge in [0, 0.05) is 30.9 Å². The molecule has 1 amide bonds. The first-order valence-corrected chi connectivity index (χ1v) is 9.40. The molecule has 0 spiro atoms. The Morgan fingerprint density at radius 2 is 1.95 bits per heavy atom. The number of nitrogens with one attached hydrogen (secondary N) is 1. The first-order valence-electron chi connectivity index (χ1n) is 8.01. The smallest absolute Gasteiger partial charge is 0.251 e. The van der Waals surface area contributed by atoms with Crippen molar-refractivity contribution in [2.45, 2.75) is 31.8 Å². The molecule has 0 saturated carbocycles. The van der Waals surface area contributed by atoms with E-state index in [1.807, 2.05) is 36.0 Å². The Hall–Kier alpha value is -1.20. The minimum absolute atomic E-state index is 0.00441. The molecular weight excluding hydrogens is 296 g/mol. The molecular formula is C17H26N2O2S. The van der Waals surface area contributed by atoms with Gasteiger partial charge in [-0.15, -0.1) is 0 Å². The van der Waals surface area contributed by atoms with Crippen LogP contribution in [-0.2, 0) is 0 Å². The van der Waals surface area contributed by atoms with Crippen molar-refractivity contribution >= 4 is 23.4 Å². The number of rotatable bonds is 7. The van der Waals surface area contributed by atoms with Crippen LogP contribution in [0.25, 0.3) is 0 Å². The second-order valence-corrected chi connectivity index (χ2v) is 6.71. The summed E-state index contributed by atoms with van der Waals surface area (Å²) in [5, 5.41) is 12.5. The molecule has 0 bridgehead atoms. The molecule has 1 aromatic carbocycles. The van der Waals surface area contributed by atoms with Crippen molar-refractivity contribution in [2.24, 2.45) is 0 Å². The Balaban J connectivity index is 1.79. The number of piperidine rings is 1. The molecule has 1 aliphatic rings. The Kier molecular flexibility index (Phi) is 7.06. The lowest BCUT2D eigenvalue weighted by molar-refractivity contribution is 0.0953. The average molecular weight is 322 g/mol. The molecule has 2 N–H and O–H groups in total. The summed E-state index contributed by atoms with van der Waals surface area (Å²) in [6, 6.07) is 7.77. The zero-order valence-corrected chi connectivity index (χ0v) is 14.1. The predicted octanol–water partition coefficient (Wildman–Crippen LogP) is 2.52. The number of carbonyl (C=O) groups is 1. The second-order valence-electron chi connectivity index (χ2n) is 5.72. The molecule has 4 nitrogen and oxygen atoms in total. The van der Waals surface area contributed by atoms with Crippen molar-refractivity contribution in [3.63, 3.8) is 0 Å². The van der Waals surface area contributed by atoms with E-state index < -0.39 is 0 Å². The number of aliphatic hydroxyl groups excluding tert-OH is 1. The van der Waals surface area contributed by atoms with E-state index in [1.165, 1.54) is 0 Å². The molecule has 0 aliphatic carbocycles. The molecule has 22 heavy (non-hydrogen) atoms. The largest absolute Gasteiger partial charge is 0.393 e. The van der Waals surface area contributed by atoms with Gasteiger partial charge in [-0.05, 0) is 62.0 Å². The summed E-state index contributed by atoms with van der Waals surface area (Å²) >= 11 is 1.84. The van der Waals surface area contributed by atoms with Gasteiger partial charge in [0.05, 0.1) is 6.10 Å². The number of hydrogen-bond donors (Lipinski definition) is 2. The summed E-state index contributed by atoms with van der Waals surface area (Å²) in [7, 11) is 0. The number of nitrogens with zero attached hydrogens (tertiary/aromatic N) is 1. The molecule has 1 saturated heterocycles. The summed E-state index contributed by atoms with van der Waals surface area (Å²) < 4.78 is 0. The summed E-state index contributed by atoms with van der Waals surface area (Å²) in [6.07, 6.45) is 5.74. The molecule has 0 radical (unpaired) electrons. The van der Waals surface area contributed by atoms with Gasteiger partial charge in [-0.1, -0.05) is 0 Å². The van der Waals surface area contributed by atoms with E-state index >= 15 is 0 Å². The van der Waals surface area contributed by atoms with E-state index in [0.717, 1.165) is 56.8 Å². The van der Waals surface area contributed by atoms with E-state index in [2.05, 4.69) is 16.5 Å². The molecule has 5 heteroatoms. The first-order chi connectivity index (χ1) is 10.7. The van der Waals surface area contributed by atoms with Crippen LogP contribution in [0.3, 0.4) is 0 Å². The van der Waals surface area contributed by atoms with Crippen molar-refractivity contribution < 1.29 is 9.90 Å². The zero-order chi connectivity index (χ0) is 15.8. The monoisotopic (exact) mass is 322 g/mol. The highest BCUT2D eigenvalue weighted by Gasteiger charge is 2.17. The first kappa shape index (κ1) is 17.2. The SMILES string of the molecule is CSCCCCNC(=O)c1ccc(N2CCC(O)CC2)cc1. The number of carbonyl (C=O) groups excluding carboxylic acids is 1. The molecule has 2 rings (SSSR count). The van der Waals surface area contributed by atoms with Gasteiger partial charge in [-0.2, -0.15) is 11.8 Å². The van der Waals surface area contributed by atoms with Gasteiger partial charge in [0.25, 0.3) is 5.91 Å². The minimum Gasteiger partial charge on any atom is -0.393 e. The van der Waals surface area contributed by atoms with Crippen molar-refractivity contribution in [3.05, 3.63) is 29.8 Å². The summed E-state index contributed by atoms with van der Waals surface area (Å²) in [5.74, 6) is 1.15. The number of anilines is 1. The molecule has 0 atom stereocenters. The van der Waals surface area contributed by atoms with Crippen LogP contribution in [-0.4, -0.2) is 48.8 Å². The highest BCUT2D eigenvalue weighted by Crippen LogP contribution is 2.20. The molecule has 0 unspecified atom stereocenters. The van der Waals surface area contributed by atoms with Crippen LogP contribution >= 0.6 is 11.8 Å². The quantitative estimate of drug-likeness (QED) is 0.758. The van der Waals surface area contributed by atoms with Crippen LogP contribution in [0.15, 0.2) is 24.3 Å². The Labute approximate surface area is 137 Å². The molecule has 0 aromatic heterocycles. The summed E-state index contributed by atoms with van der Waals surface area (Å²) in [4.78, 5) is 14.3. The van der Waals surface area contributed by atoms with Crippen LogP contribution in [0.2, 0.25) is 0 Å². The minimum atomic E-state index is -0.160. The lowest BCUT2D eigenvalue weighted by atomic mass is 10.1. The molecule has 1 aromatic rings. The fourth-order valence-electron chi connectivity index (χ4n) is 2.62. The third-order valence-corrected chi connectivity index (χ3v) is 4.72. The highest BCUT2D eigenvalue weighted by molar-refractivity contribution is 7.98. The third-order valence-electron chi connectivity index (χ3n) is 4.02. The van der Waals surface area contributed by atoms with Gasteiger partial charge in [-0.3, -0.25) is 4.79 Å². The molecule has 1 aliphatic heterocycles.